The summed E-state index contributed by atoms with van der Waals surface area (Å²) in [5.74, 6) is 1.61. The van der Waals surface area contributed by atoms with Crippen molar-refractivity contribution in [1.29, 1.82) is 0 Å². The van der Waals surface area contributed by atoms with Gasteiger partial charge >= 0.3 is 0 Å². The molecular formula is C20H24N2O4. The van der Waals surface area contributed by atoms with E-state index in [1.165, 1.54) is 6.21 Å². The molecule has 0 radical (unpaired) electrons. The van der Waals surface area contributed by atoms with Gasteiger partial charge in [0, 0.05) is 11.1 Å². The van der Waals surface area contributed by atoms with Gasteiger partial charge in [-0.05, 0) is 57.2 Å². The zero-order valence-corrected chi connectivity index (χ0v) is 15.5. The molecule has 0 atom stereocenters. The van der Waals surface area contributed by atoms with Gasteiger partial charge in [-0.15, -0.1) is 0 Å². The smallest absolute Gasteiger partial charge is 0.271 e. The number of methoxy groups -OCH3 is 1. The van der Waals surface area contributed by atoms with Crippen LogP contribution in [0.2, 0.25) is 0 Å². The van der Waals surface area contributed by atoms with Crippen molar-refractivity contribution in [2.75, 3.05) is 13.7 Å². The number of nitrogens with one attached hydrogen (secondary N) is 1. The van der Waals surface area contributed by atoms with Crippen LogP contribution in [0.25, 0.3) is 0 Å². The van der Waals surface area contributed by atoms with E-state index in [1.807, 2.05) is 39.0 Å². The van der Waals surface area contributed by atoms with E-state index in [-0.39, 0.29) is 12.0 Å². The normalized spacial score (nSPS) is 10.8. The predicted molar refractivity (Wildman–Crippen MR) is 101 cm³/mol. The molecular weight excluding hydrogens is 332 g/mol. The number of benzene rings is 2. The van der Waals surface area contributed by atoms with Gasteiger partial charge in [0.2, 0.25) is 0 Å². The molecule has 2 aromatic carbocycles. The predicted octanol–water partition coefficient (Wildman–Crippen LogP) is 3.65. The molecule has 0 heterocycles. The molecule has 0 aromatic heterocycles. The van der Waals surface area contributed by atoms with Gasteiger partial charge < -0.3 is 14.2 Å². The van der Waals surface area contributed by atoms with E-state index in [4.69, 9.17) is 14.2 Å². The molecule has 6 heteroatoms. The Labute approximate surface area is 153 Å². The van der Waals surface area contributed by atoms with Gasteiger partial charge in [0.25, 0.3) is 5.91 Å². The third-order valence-electron chi connectivity index (χ3n) is 3.38. The van der Waals surface area contributed by atoms with Gasteiger partial charge in [0.05, 0.1) is 26.0 Å². The fraction of sp³-hybridized carbons (Fsp3) is 0.300. The highest BCUT2D eigenvalue weighted by Crippen LogP contribution is 2.30. The van der Waals surface area contributed by atoms with Crippen LogP contribution in [0.4, 0.5) is 0 Å². The Kier molecular flexibility index (Phi) is 7.02. The second kappa shape index (κ2) is 9.46. The minimum absolute atomic E-state index is 0.0168. The average molecular weight is 356 g/mol. The van der Waals surface area contributed by atoms with Gasteiger partial charge in [-0.3, -0.25) is 4.79 Å². The first-order chi connectivity index (χ1) is 12.5. The topological polar surface area (TPSA) is 69.2 Å². The molecule has 0 unspecified atom stereocenters. The van der Waals surface area contributed by atoms with E-state index >= 15 is 0 Å². The van der Waals surface area contributed by atoms with Crippen LogP contribution in [0.5, 0.6) is 17.2 Å². The van der Waals surface area contributed by atoms with E-state index in [9.17, 15) is 4.79 Å². The van der Waals surface area contributed by atoms with Crippen LogP contribution >= 0.6 is 0 Å². The molecule has 0 spiro atoms. The number of nitrogens with zero attached hydrogens (tertiary/aromatic N) is 1. The third kappa shape index (κ3) is 5.24. The summed E-state index contributed by atoms with van der Waals surface area (Å²) in [6.45, 7) is 6.35. The Morgan fingerprint density at radius 3 is 2.54 bits per heavy atom. The summed E-state index contributed by atoms with van der Waals surface area (Å²) >= 11 is 0. The number of carbonyl (C=O) groups is 1. The maximum atomic E-state index is 12.2. The number of amides is 1. The lowest BCUT2D eigenvalue weighted by atomic mass is 10.2. The van der Waals surface area contributed by atoms with Crippen molar-refractivity contribution in [3.8, 4) is 17.2 Å². The van der Waals surface area contributed by atoms with Crippen LogP contribution < -0.4 is 19.6 Å². The lowest BCUT2D eigenvalue weighted by Gasteiger charge is -2.15. The first-order valence-electron chi connectivity index (χ1n) is 8.45. The van der Waals surface area contributed by atoms with Gasteiger partial charge in [-0.25, -0.2) is 5.43 Å². The molecule has 2 aromatic rings. The minimum atomic E-state index is -0.307. The Hall–Kier alpha value is -3.02. The standard InChI is InChI=1S/C20H24N2O4/c1-5-25-17-11-9-15(10-12-17)20(23)22-21-13-16-7-6-8-18(24-4)19(16)26-14(2)3/h6-14H,5H2,1-4H3,(H,22,23)/b21-13-. The lowest BCUT2D eigenvalue weighted by Crippen LogP contribution is -2.17. The maximum Gasteiger partial charge on any atom is 0.271 e. The number of carbonyl (C=O) groups excluding carboxylic acids is 1. The minimum Gasteiger partial charge on any atom is -0.494 e. The van der Waals surface area contributed by atoms with Gasteiger partial charge in [0.15, 0.2) is 11.5 Å². The van der Waals surface area contributed by atoms with Gasteiger partial charge in [-0.2, -0.15) is 5.10 Å². The fourth-order valence-corrected chi connectivity index (χ4v) is 2.25. The summed E-state index contributed by atoms with van der Waals surface area (Å²) in [4.78, 5) is 12.2. The third-order valence-corrected chi connectivity index (χ3v) is 3.38. The molecule has 2 rings (SSSR count). The Morgan fingerprint density at radius 2 is 1.92 bits per heavy atom. The van der Waals surface area contributed by atoms with Crippen molar-refractivity contribution in [2.45, 2.75) is 26.9 Å². The van der Waals surface area contributed by atoms with Crippen molar-refractivity contribution >= 4 is 12.1 Å². The summed E-state index contributed by atoms with van der Waals surface area (Å²) in [5.41, 5.74) is 3.72. The molecule has 1 amide bonds. The first kappa shape index (κ1) is 19.3. The fourth-order valence-electron chi connectivity index (χ4n) is 2.25. The highest BCUT2D eigenvalue weighted by Gasteiger charge is 2.11. The Balaban J connectivity index is 2.08. The van der Waals surface area contributed by atoms with Crippen LogP contribution in [0.15, 0.2) is 47.6 Å². The van der Waals surface area contributed by atoms with E-state index in [1.54, 1.807) is 31.4 Å². The van der Waals surface area contributed by atoms with Crippen molar-refractivity contribution in [3.63, 3.8) is 0 Å². The van der Waals surface area contributed by atoms with Crippen molar-refractivity contribution in [2.24, 2.45) is 5.10 Å². The molecule has 26 heavy (non-hydrogen) atoms. The van der Waals surface area contributed by atoms with Crippen LogP contribution in [-0.4, -0.2) is 31.9 Å². The summed E-state index contributed by atoms with van der Waals surface area (Å²) in [6, 6.07) is 12.4. The molecule has 0 saturated carbocycles. The van der Waals surface area contributed by atoms with Crippen LogP contribution in [-0.2, 0) is 0 Å². The molecule has 0 aliphatic rings. The Bertz CT molecular complexity index is 755. The number of para-hydroxylation sites is 1. The number of hydrazone groups is 1. The van der Waals surface area contributed by atoms with Gasteiger partial charge in [0.1, 0.15) is 5.75 Å². The van der Waals surface area contributed by atoms with Crippen LogP contribution in [0, 0.1) is 0 Å². The quantitative estimate of drug-likeness (QED) is 0.579. The second-order valence-corrected chi connectivity index (χ2v) is 5.70. The number of hydrogen-bond donors (Lipinski definition) is 1. The summed E-state index contributed by atoms with van der Waals surface area (Å²) in [6.07, 6.45) is 1.52. The summed E-state index contributed by atoms with van der Waals surface area (Å²) < 4.78 is 16.5. The molecule has 6 nitrogen and oxygen atoms in total. The number of ether oxygens (including phenoxy) is 3. The number of hydrogen-bond acceptors (Lipinski definition) is 5. The summed E-state index contributed by atoms with van der Waals surface area (Å²) in [5, 5.41) is 4.03. The zero-order chi connectivity index (χ0) is 18.9. The largest absolute Gasteiger partial charge is 0.494 e. The highest BCUT2D eigenvalue weighted by molar-refractivity contribution is 5.95. The molecule has 0 aliphatic heterocycles. The van der Waals surface area contributed by atoms with Crippen molar-refractivity contribution < 1.29 is 19.0 Å². The van der Waals surface area contributed by atoms with Crippen molar-refractivity contribution in [3.05, 3.63) is 53.6 Å². The summed E-state index contributed by atoms with van der Waals surface area (Å²) in [7, 11) is 1.58. The first-order valence-corrected chi connectivity index (χ1v) is 8.45. The molecule has 0 fully saturated rings. The van der Waals surface area contributed by atoms with E-state index in [2.05, 4.69) is 10.5 Å². The SMILES string of the molecule is CCOc1ccc(C(=O)N/N=C\c2cccc(OC)c2OC(C)C)cc1. The van der Waals surface area contributed by atoms with E-state index < -0.39 is 0 Å². The molecule has 0 saturated heterocycles. The van der Waals surface area contributed by atoms with Crippen molar-refractivity contribution in [1.82, 2.24) is 5.43 Å². The zero-order valence-electron chi connectivity index (χ0n) is 15.5. The molecule has 1 N–H and O–H groups in total. The highest BCUT2D eigenvalue weighted by atomic mass is 16.5. The second-order valence-electron chi connectivity index (χ2n) is 5.70. The van der Waals surface area contributed by atoms with E-state index in [0.717, 1.165) is 5.75 Å². The lowest BCUT2D eigenvalue weighted by molar-refractivity contribution is 0.0955. The Morgan fingerprint density at radius 1 is 1.19 bits per heavy atom. The number of rotatable bonds is 8. The van der Waals surface area contributed by atoms with Gasteiger partial charge in [-0.1, -0.05) is 6.07 Å². The monoisotopic (exact) mass is 356 g/mol. The average Bonchev–Trinajstić information content (AvgIpc) is 2.63. The van der Waals surface area contributed by atoms with Crippen LogP contribution in [0.1, 0.15) is 36.7 Å². The van der Waals surface area contributed by atoms with E-state index in [0.29, 0.717) is 29.2 Å². The van der Waals surface area contributed by atoms with Crippen LogP contribution in [0.3, 0.4) is 0 Å². The molecule has 0 bridgehead atoms. The maximum absolute atomic E-state index is 12.2. The molecule has 138 valence electrons. The molecule has 0 aliphatic carbocycles.